The lowest BCUT2D eigenvalue weighted by Gasteiger charge is -2.23. The van der Waals surface area contributed by atoms with Gasteiger partial charge in [0.25, 0.3) is 11.2 Å². The zero-order chi connectivity index (χ0) is 23.9. The Kier molecular flexibility index (Phi) is 6.32. The Bertz CT molecular complexity index is 1490. The molecule has 0 aliphatic carbocycles. The minimum Gasteiger partial charge on any atom is -0.506 e. The molecular weight excluding hydrogens is 534 g/mol. The highest BCUT2D eigenvalue weighted by Crippen LogP contribution is 2.34. The van der Waals surface area contributed by atoms with Crippen LogP contribution in [0.3, 0.4) is 0 Å². The van der Waals surface area contributed by atoms with E-state index < -0.39 is 22.5 Å². The molecular formula is C21H16BrN3O6S2. The van der Waals surface area contributed by atoms with Crippen molar-refractivity contribution in [1.29, 1.82) is 0 Å². The van der Waals surface area contributed by atoms with Crippen LogP contribution in [0.1, 0.15) is 30.3 Å². The average Bonchev–Trinajstić information content (AvgIpc) is 3.39. The first-order chi connectivity index (χ1) is 15.7. The van der Waals surface area contributed by atoms with Crippen LogP contribution in [0.4, 0.5) is 5.69 Å². The topological polar surface area (TPSA) is 124 Å². The molecule has 1 N–H and O–H groups in total. The third-order valence-electron chi connectivity index (χ3n) is 4.90. The Hall–Kier alpha value is -3.09. The summed E-state index contributed by atoms with van der Waals surface area (Å²) in [4.78, 5) is 42.5. The maximum atomic E-state index is 13.5. The number of thiophene rings is 1. The van der Waals surface area contributed by atoms with Crippen molar-refractivity contribution in [1.82, 2.24) is 4.57 Å². The summed E-state index contributed by atoms with van der Waals surface area (Å²) < 4.78 is 6.99. The van der Waals surface area contributed by atoms with Crippen LogP contribution in [-0.4, -0.2) is 27.2 Å². The molecule has 0 saturated carbocycles. The molecule has 1 aliphatic rings. The van der Waals surface area contributed by atoms with E-state index in [1.165, 1.54) is 34.1 Å². The average molecular weight is 550 g/mol. The van der Waals surface area contributed by atoms with E-state index in [-0.39, 0.29) is 38.2 Å². The molecule has 0 spiro atoms. The molecule has 33 heavy (non-hydrogen) atoms. The minimum atomic E-state index is -0.715. The second-order valence-corrected chi connectivity index (χ2v) is 9.78. The van der Waals surface area contributed by atoms with Gasteiger partial charge in [0.2, 0.25) is 0 Å². The fraction of sp³-hybridized carbons (Fsp3) is 0.190. The lowest BCUT2D eigenvalue weighted by molar-refractivity contribution is -0.385. The summed E-state index contributed by atoms with van der Waals surface area (Å²) in [5.74, 6) is -0.781. The Morgan fingerprint density at radius 2 is 2.21 bits per heavy atom. The van der Waals surface area contributed by atoms with Crippen LogP contribution >= 0.6 is 38.6 Å². The number of phenols is 1. The van der Waals surface area contributed by atoms with Crippen LogP contribution in [0.2, 0.25) is 0 Å². The van der Waals surface area contributed by atoms with E-state index in [2.05, 4.69) is 20.9 Å². The lowest BCUT2D eigenvalue weighted by atomic mass is 10.0. The fourth-order valence-corrected chi connectivity index (χ4v) is 5.79. The number of fused-ring (bicyclic) bond motifs is 1. The molecule has 4 rings (SSSR count). The number of allylic oxidation sites excluding steroid dienone is 1. The van der Waals surface area contributed by atoms with E-state index in [0.29, 0.717) is 10.5 Å². The van der Waals surface area contributed by atoms with Gasteiger partial charge in [-0.2, -0.15) is 0 Å². The highest BCUT2D eigenvalue weighted by atomic mass is 79.9. The normalized spacial score (nSPS) is 15.8. The highest BCUT2D eigenvalue weighted by molar-refractivity contribution is 9.10. The standard InChI is InChI=1S/C21H16BrN3O6S2/c1-3-31-20(28)16-10(2)23-21-24(17(16)14-5-4-6-32-14)19(27)15(33-21)8-11-7-12(25(29)30)9-13(22)18(11)26/h4-9,17,26H,3H2,1-2H3/b15-8-. The molecule has 0 amide bonds. The van der Waals surface area contributed by atoms with E-state index in [9.17, 15) is 24.8 Å². The van der Waals surface area contributed by atoms with E-state index in [4.69, 9.17) is 4.74 Å². The van der Waals surface area contributed by atoms with E-state index in [1.807, 2.05) is 17.5 Å². The number of carbonyl (C=O) groups is 1. The van der Waals surface area contributed by atoms with Gasteiger partial charge in [0.15, 0.2) is 4.80 Å². The molecule has 1 aliphatic heterocycles. The van der Waals surface area contributed by atoms with Crippen molar-refractivity contribution in [3.8, 4) is 5.75 Å². The second kappa shape index (κ2) is 9.04. The molecule has 0 bridgehead atoms. The van der Waals surface area contributed by atoms with Crippen LogP contribution in [-0.2, 0) is 9.53 Å². The van der Waals surface area contributed by atoms with Gasteiger partial charge in [0.05, 0.1) is 31.8 Å². The molecule has 0 radical (unpaired) electrons. The van der Waals surface area contributed by atoms with Gasteiger partial charge in [-0.05, 0) is 47.3 Å². The number of thiazole rings is 1. The van der Waals surface area contributed by atoms with Crippen LogP contribution in [0.25, 0.3) is 6.08 Å². The number of carbonyl (C=O) groups excluding carboxylic acids is 1. The first kappa shape index (κ1) is 23.1. The van der Waals surface area contributed by atoms with Gasteiger partial charge in [-0.1, -0.05) is 17.4 Å². The van der Waals surface area contributed by atoms with Gasteiger partial charge in [0, 0.05) is 22.6 Å². The van der Waals surface area contributed by atoms with E-state index in [1.54, 1.807) is 13.8 Å². The summed E-state index contributed by atoms with van der Waals surface area (Å²) in [6.07, 6.45) is 1.38. The number of phenolic OH excluding ortho intramolecular Hbond substituents is 1. The number of aromatic nitrogens is 1. The summed E-state index contributed by atoms with van der Waals surface area (Å²) >= 11 is 5.57. The summed E-state index contributed by atoms with van der Waals surface area (Å²) in [6, 6.07) is 5.30. The molecule has 3 aromatic rings. The number of ether oxygens (including phenoxy) is 1. The third kappa shape index (κ3) is 4.16. The van der Waals surface area contributed by atoms with Crippen molar-refractivity contribution in [2.45, 2.75) is 19.9 Å². The summed E-state index contributed by atoms with van der Waals surface area (Å²) in [5, 5.41) is 23.5. The van der Waals surface area contributed by atoms with E-state index in [0.717, 1.165) is 16.2 Å². The maximum absolute atomic E-state index is 13.5. The van der Waals surface area contributed by atoms with Gasteiger partial charge in [-0.25, -0.2) is 9.79 Å². The third-order valence-corrected chi connectivity index (χ3v) is 7.42. The number of aromatic hydroxyl groups is 1. The number of nitro groups is 1. The number of hydrogen-bond donors (Lipinski definition) is 1. The van der Waals surface area contributed by atoms with E-state index >= 15 is 0 Å². The fourth-order valence-electron chi connectivity index (χ4n) is 3.47. The minimum absolute atomic E-state index is 0.107. The number of non-ortho nitro benzene ring substituents is 1. The van der Waals surface area contributed by atoms with Crippen molar-refractivity contribution in [2.75, 3.05) is 6.61 Å². The van der Waals surface area contributed by atoms with Crippen molar-refractivity contribution >= 4 is 56.3 Å². The van der Waals surface area contributed by atoms with Crippen molar-refractivity contribution in [3.63, 3.8) is 0 Å². The molecule has 170 valence electrons. The van der Waals surface area contributed by atoms with Gasteiger partial charge in [-0.3, -0.25) is 19.5 Å². The second-order valence-electron chi connectivity index (χ2n) is 6.94. The predicted molar refractivity (Wildman–Crippen MR) is 127 cm³/mol. The Morgan fingerprint density at radius 1 is 1.45 bits per heavy atom. The van der Waals surface area contributed by atoms with Crippen LogP contribution in [0.15, 0.2) is 55.2 Å². The number of nitro benzene ring substituents is 1. The number of hydrogen-bond acceptors (Lipinski definition) is 9. The zero-order valence-corrected chi connectivity index (χ0v) is 20.5. The molecule has 9 nitrogen and oxygen atoms in total. The Balaban J connectivity index is 1.96. The predicted octanol–water partition coefficient (Wildman–Crippen LogP) is 3.24. The molecule has 1 unspecified atom stereocenters. The SMILES string of the molecule is CCOC(=O)C1=C(C)N=c2s/c(=C\c3cc([N+](=O)[O-])cc(Br)c3O)c(=O)n2C1c1cccs1. The summed E-state index contributed by atoms with van der Waals surface area (Å²) in [5.41, 5.74) is 0.152. The Labute approximate surface area is 202 Å². The number of esters is 1. The monoisotopic (exact) mass is 549 g/mol. The van der Waals surface area contributed by atoms with Gasteiger partial charge >= 0.3 is 5.97 Å². The molecule has 1 aromatic carbocycles. The van der Waals surface area contributed by atoms with Crippen molar-refractivity contribution in [3.05, 3.63) is 85.6 Å². The smallest absolute Gasteiger partial charge is 0.338 e. The van der Waals surface area contributed by atoms with Crippen molar-refractivity contribution < 1.29 is 19.6 Å². The number of halogens is 1. The molecule has 2 aromatic heterocycles. The largest absolute Gasteiger partial charge is 0.506 e. The van der Waals surface area contributed by atoms with Gasteiger partial charge in [-0.15, -0.1) is 11.3 Å². The quantitative estimate of drug-likeness (QED) is 0.296. The molecule has 0 fully saturated rings. The summed E-state index contributed by atoms with van der Waals surface area (Å²) in [7, 11) is 0. The van der Waals surface area contributed by atoms with Gasteiger partial charge < -0.3 is 9.84 Å². The van der Waals surface area contributed by atoms with Crippen molar-refractivity contribution in [2.24, 2.45) is 4.99 Å². The highest BCUT2D eigenvalue weighted by Gasteiger charge is 2.33. The van der Waals surface area contributed by atoms with Crippen LogP contribution < -0.4 is 14.9 Å². The molecule has 0 saturated heterocycles. The van der Waals surface area contributed by atoms with Crippen LogP contribution in [0.5, 0.6) is 5.75 Å². The first-order valence-corrected chi connectivity index (χ1v) is 12.1. The van der Waals surface area contributed by atoms with Crippen LogP contribution in [0, 0.1) is 10.1 Å². The number of benzene rings is 1. The van der Waals surface area contributed by atoms with Gasteiger partial charge in [0.1, 0.15) is 11.8 Å². The molecule has 1 atom stereocenters. The lowest BCUT2D eigenvalue weighted by Crippen LogP contribution is -2.39. The summed E-state index contributed by atoms with van der Waals surface area (Å²) in [6.45, 7) is 3.57. The maximum Gasteiger partial charge on any atom is 0.338 e. The molecule has 12 heteroatoms. The number of nitrogens with zero attached hydrogens (tertiary/aromatic N) is 3. The number of rotatable bonds is 5. The first-order valence-electron chi connectivity index (χ1n) is 9.62. The Morgan fingerprint density at radius 3 is 2.85 bits per heavy atom. The molecule has 3 heterocycles. The zero-order valence-electron chi connectivity index (χ0n) is 17.3.